The molecule has 0 fully saturated rings. The number of nitrogens with two attached hydrogens (primary N) is 1. The number of carbonyl (C=O) groups excluding carboxylic acids is 1. The van der Waals surface area contributed by atoms with Gasteiger partial charge in [0, 0.05) is 5.56 Å². The first kappa shape index (κ1) is 20.1. The number of hydrogen-bond acceptors (Lipinski definition) is 10. The van der Waals surface area contributed by atoms with E-state index in [1.165, 1.54) is 16.8 Å². The monoisotopic (exact) mass is 450 g/mol. The van der Waals surface area contributed by atoms with Crippen LogP contribution in [0.4, 0.5) is 10.2 Å². The summed E-state index contributed by atoms with van der Waals surface area (Å²) in [4.78, 5) is 13.0. The maximum Gasteiger partial charge on any atom is 0.294 e. The second-order valence-electron chi connectivity index (χ2n) is 6.88. The van der Waals surface area contributed by atoms with Gasteiger partial charge in [0.05, 0.1) is 5.71 Å². The van der Waals surface area contributed by atoms with E-state index in [4.69, 9.17) is 15.2 Å². The molecule has 12 nitrogen and oxygen atoms in total. The SMILES string of the molecule is C/C(=N\NC(=O)c1nnn(-c2nonc2N)c1-c1ccc2c(c1)OCO2)c1ccc(F)cc1. The topological polar surface area (TPSA) is 156 Å². The summed E-state index contributed by atoms with van der Waals surface area (Å²) in [5.74, 6) is 0.0424. The number of fused-ring (bicyclic) bond motifs is 1. The molecule has 33 heavy (non-hydrogen) atoms. The first-order valence-electron chi connectivity index (χ1n) is 9.56. The summed E-state index contributed by atoms with van der Waals surface area (Å²) in [6.07, 6.45) is 0. The summed E-state index contributed by atoms with van der Waals surface area (Å²) in [6, 6.07) is 10.8. The van der Waals surface area contributed by atoms with Gasteiger partial charge in [-0.3, -0.25) is 4.79 Å². The van der Waals surface area contributed by atoms with Crippen LogP contribution in [0.3, 0.4) is 0 Å². The van der Waals surface area contributed by atoms with Gasteiger partial charge >= 0.3 is 0 Å². The number of ether oxygens (including phenoxy) is 2. The van der Waals surface area contributed by atoms with Gasteiger partial charge in [0.1, 0.15) is 11.5 Å². The van der Waals surface area contributed by atoms with Gasteiger partial charge in [-0.2, -0.15) is 9.78 Å². The number of halogens is 1. The van der Waals surface area contributed by atoms with Crippen LogP contribution in [0, 0.1) is 5.82 Å². The van der Waals surface area contributed by atoms with Crippen LogP contribution in [-0.4, -0.2) is 43.7 Å². The average Bonchev–Trinajstić information content (AvgIpc) is 3.56. The zero-order valence-corrected chi connectivity index (χ0v) is 17.0. The van der Waals surface area contributed by atoms with Crippen LogP contribution in [-0.2, 0) is 0 Å². The second kappa shape index (κ2) is 8.03. The number of hydrogen-bond donors (Lipinski definition) is 2. The molecule has 0 saturated carbocycles. The zero-order valence-electron chi connectivity index (χ0n) is 17.0. The van der Waals surface area contributed by atoms with Crippen molar-refractivity contribution in [2.45, 2.75) is 6.92 Å². The standard InChI is InChI=1S/C20H15FN8O4/c1-10(11-2-5-13(21)6-3-11)23-25-20(30)16-17(12-4-7-14-15(8-12)32-9-31-14)29(28-24-16)19-18(22)26-33-27-19/h2-8H,9H2,1H3,(H2,22,26)(H,25,30)/b23-10+. The van der Waals surface area contributed by atoms with Crippen LogP contribution in [0.15, 0.2) is 52.2 Å². The van der Waals surface area contributed by atoms with E-state index >= 15 is 0 Å². The maximum absolute atomic E-state index is 13.2. The molecular weight excluding hydrogens is 435 g/mol. The van der Waals surface area contributed by atoms with Gasteiger partial charge < -0.3 is 15.2 Å². The molecule has 0 aliphatic carbocycles. The number of carbonyl (C=O) groups is 1. The molecule has 13 heteroatoms. The molecule has 0 bridgehead atoms. The predicted molar refractivity (Wildman–Crippen MR) is 111 cm³/mol. The van der Waals surface area contributed by atoms with E-state index in [9.17, 15) is 9.18 Å². The Hall–Kier alpha value is -4.81. The van der Waals surface area contributed by atoms with Crippen molar-refractivity contribution in [3.05, 3.63) is 59.5 Å². The third kappa shape index (κ3) is 3.71. The smallest absolute Gasteiger partial charge is 0.294 e. The van der Waals surface area contributed by atoms with Crippen molar-refractivity contribution in [3.8, 4) is 28.6 Å². The van der Waals surface area contributed by atoms with Gasteiger partial charge in [-0.1, -0.05) is 17.3 Å². The molecule has 0 saturated heterocycles. The molecule has 0 unspecified atom stereocenters. The number of anilines is 1. The molecule has 1 amide bonds. The number of nitrogen functional groups attached to an aromatic ring is 1. The van der Waals surface area contributed by atoms with Crippen LogP contribution < -0.4 is 20.6 Å². The molecule has 0 spiro atoms. The quantitative estimate of drug-likeness (QED) is 0.342. The molecule has 0 atom stereocenters. The molecule has 166 valence electrons. The van der Waals surface area contributed by atoms with Crippen LogP contribution in [0.2, 0.25) is 0 Å². The van der Waals surface area contributed by atoms with Crippen LogP contribution >= 0.6 is 0 Å². The molecule has 2 aromatic heterocycles. The zero-order chi connectivity index (χ0) is 22.9. The molecule has 2 aromatic carbocycles. The molecule has 1 aliphatic rings. The van der Waals surface area contributed by atoms with Crippen molar-refractivity contribution in [1.29, 1.82) is 0 Å². The van der Waals surface area contributed by atoms with E-state index < -0.39 is 5.91 Å². The van der Waals surface area contributed by atoms with Gasteiger partial charge in [-0.25, -0.2) is 14.4 Å². The van der Waals surface area contributed by atoms with Crippen molar-refractivity contribution in [3.63, 3.8) is 0 Å². The highest BCUT2D eigenvalue weighted by Gasteiger charge is 2.26. The number of amides is 1. The maximum atomic E-state index is 13.2. The Morgan fingerprint density at radius 1 is 1.15 bits per heavy atom. The largest absolute Gasteiger partial charge is 0.454 e. The highest BCUT2D eigenvalue weighted by molar-refractivity contribution is 6.02. The van der Waals surface area contributed by atoms with Crippen LogP contribution in [0.5, 0.6) is 11.5 Å². The minimum Gasteiger partial charge on any atom is -0.454 e. The van der Waals surface area contributed by atoms with Gasteiger partial charge in [0.15, 0.2) is 17.2 Å². The van der Waals surface area contributed by atoms with Crippen molar-refractivity contribution in [2.24, 2.45) is 5.10 Å². The number of hydrazone groups is 1. The van der Waals surface area contributed by atoms with Crippen molar-refractivity contribution >= 4 is 17.4 Å². The van der Waals surface area contributed by atoms with E-state index in [2.05, 4.69) is 35.8 Å². The highest BCUT2D eigenvalue weighted by atomic mass is 19.1. The molecule has 3 heterocycles. The lowest BCUT2D eigenvalue weighted by atomic mass is 10.1. The van der Waals surface area contributed by atoms with Crippen LogP contribution in [0.25, 0.3) is 17.1 Å². The lowest BCUT2D eigenvalue weighted by Gasteiger charge is -2.07. The number of benzene rings is 2. The van der Waals surface area contributed by atoms with Crippen molar-refractivity contribution in [2.75, 3.05) is 12.5 Å². The Labute approximate surface area is 184 Å². The molecule has 0 radical (unpaired) electrons. The second-order valence-corrected chi connectivity index (χ2v) is 6.88. The first-order valence-corrected chi connectivity index (χ1v) is 9.56. The van der Waals surface area contributed by atoms with E-state index in [-0.39, 0.29) is 35.6 Å². The summed E-state index contributed by atoms with van der Waals surface area (Å²) >= 11 is 0. The lowest BCUT2D eigenvalue weighted by molar-refractivity contribution is 0.0950. The van der Waals surface area contributed by atoms with Crippen molar-refractivity contribution in [1.82, 2.24) is 30.7 Å². The summed E-state index contributed by atoms with van der Waals surface area (Å²) in [6.45, 7) is 1.76. The van der Waals surface area contributed by atoms with Gasteiger partial charge in [-0.15, -0.1) is 5.10 Å². The Kier molecular flexibility index (Phi) is 4.89. The Morgan fingerprint density at radius 3 is 2.70 bits per heavy atom. The average molecular weight is 450 g/mol. The molecule has 5 rings (SSSR count). The van der Waals surface area contributed by atoms with Gasteiger partial charge in [0.25, 0.3) is 5.91 Å². The Bertz CT molecular complexity index is 1380. The number of rotatable bonds is 5. The summed E-state index contributed by atoms with van der Waals surface area (Å²) in [5, 5.41) is 19.4. The Balaban J connectivity index is 1.53. The normalized spacial score (nSPS) is 12.7. The van der Waals surface area contributed by atoms with Gasteiger partial charge in [0.2, 0.25) is 18.4 Å². The number of aromatic nitrogens is 5. The van der Waals surface area contributed by atoms with E-state index in [0.29, 0.717) is 28.3 Å². The lowest BCUT2D eigenvalue weighted by Crippen LogP contribution is -2.21. The number of nitrogens with zero attached hydrogens (tertiary/aromatic N) is 6. The summed E-state index contributed by atoms with van der Waals surface area (Å²) < 4.78 is 29.8. The van der Waals surface area contributed by atoms with Crippen LogP contribution in [0.1, 0.15) is 23.0 Å². The van der Waals surface area contributed by atoms with Gasteiger partial charge in [-0.05, 0) is 53.1 Å². The van der Waals surface area contributed by atoms with E-state index in [1.54, 1.807) is 37.3 Å². The fourth-order valence-electron chi connectivity index (χ4n) is 3.17. The fraction of sp³-hybridized carbons (Fsp3) is 0.100. The van der Waals surface area contributed by atoms with E-state index in [0.717, 1.165) is 0 Å². The van der Waals surface area contributed by atoms with Crippen molar-refractivity contribution < 1.29 is 23.3 Å². The third-order valence-electron chi connectivity index (χ3n) is 4.81. The Morgan fingerprint density at radius 2 is 1.94 bits per heavy atom. The van der Waals surface area contributed by atoms with E-state index in [1.807, 2.05) is 0 Å². The summed E-state index contributed by atoms with van der Waals surface area (Å²) in [5.41, 5.74) is 10.1. The first-order chi connectivity index (χ1) is 16.0. The fourth-order valence-corrected chi connectivity index (χ4v) is 3.17. The molecule has 1 aliphatic heterocycles. The molecule has 3 N–H and O–H groups in total. The minimum atomic E-state index is -0.648. The molecular formula is C20H15FN8O4. The minimum absolute atomic E-state index is 0.0426. The summed E-state index contributed by atoms with van der Waals surface area (Å²) in [7, 11) is 0. The molecule has 4 aromatic rings. The highest BCUT2D eigenvalue weighted by Crippen LogP contribution is 2.37. The number of nitrogens with one attached hydrogen (secondary N) is 1. The third-order valence-corrected chi connectivity index (χ3v) is 4.81. The predicted octanol–water partition coefficient (Wildman–Crippen LogP) is 1.92.